The molecule has 0 fully saturated rings. The first-order valence-corrected chi connectivity index (χ1v) is 8.74. The normalized spacial score (nSPS) is 12.2. The summed E-state index contributed by atoms with van der Waals surface area (Å²) in [5, 5.41) is 16.1. The summed E-state index contributed by atoms with van der Waals surface area (Å²) >= 11 is 0. The summed E-state index contributed by atoms with van der Waals surface area (Å²) in [6.07, 6.45) is 1.65. The van der Waals surface area contributed by atoms with Crippen molar-refractivity contribution in [3.63, 3.8) is 0 Å². The smallest absolute Gasteiger partial charge is 0.225 e. The predicted molar refractivity (Wildman–Crippen MR) is 103 cm³/mol. The van der Waals surface area contributed by atoms with Crippen molar-refractivity contribution in [3.05, 3.63) is 60.6 Å². The maximum absolute atomic E-state index is 9.60. The number of benzene rings is 1. The van der Waals surface area contributed by atoms with Crippen LogP contribution in [0.3, 0.4) is 0 Å². The van der Waals surface area contributed by atoms with Crippen LogP contribution in [-0.2, 0) is 6.54 Å². The van der Waals surface area contributed by atoms with Crippen LogP contribution < -0.4 is 10.6 Å². The van der Waals surface area contributed by atoms with Gasteiger partial charge in [0.2, 0.25) is 5.95 Å². The second kappa shape index (κ2) is 8.49. The Labute approximate surface area is 153 Å². The second-order valence-electron chi connectivity index (χ2n) is 6.44. The second-order valence-corrected chi connectivity index (χ2v) is 6.44. The van der Waals surface area contributed by atoms with Crippen LogP contribution in [0.25, 0.3) is 11.3 Å². The molecule has 0 saturated carbocycles. The lowest BCUT2D eigenvalue weighted by molar-refractivity contribution is 0.248. The molecule has 0 aliphatic heterocycles. The number of hydrogen-bond acceptors (Lipinski definition) is 6. The molecule has 2 heterocycles. The molecular weight excluding hydrogens is 328 g/mol. The van der Waals surface area contributed by atoms with Crippen LogP contribution in [0, 0.1) is 5.92 Å². The summed E-state index contributed by atoms with van der Waals surface area (Å²) in [5.74, 6) is 2.26. The minimum Gasteiger partial charge on any atom is -0.467 e. The van der Waals surface area contributed by atoms with Gasteiger partial charge in [0, 0.05) is 11.6 Å². The Balaban J connectivity index is 1.88. The lowest BCUT2D eigenvalue weighted by atomic mass is 10.1. The quantitative estimate of drug-likeness (QED) is 0.572. The minimum atomic E-state index is -0.112. The highest BCUT2D eigenvalue weighted by molar-refractivity contribution is 5.64. The number of furan rings is 1. The Hall–Kier alpha value is -2.86. The number of nitrogens with one attached hydrogen (secondary N) is 2. The Morgan fingerprint density at radius 2 is 1.88 bits per heavy atom. The van der Waals surface area contributed by atoms with Gasteiger partial charge in [-0.1, -0.05) is 44.2 Å². The summed E-state index contributed by atoms with van der Waals surface area (Å²) in [6, 6.07) is 15.5. The van der Waals surface area contributed by atoms with Crippen molar-refractivity contribution in [1.29, 1.82) is 0 Å². The van der Waals surface area contributed by atoms with Crippen LogP contribution in [0.5, 0.6) is 0 Å². The molecule has 136 valence electrons. The Kier molecular flexibility index (Phi) is 5.86. The van der Waals surface area contributed by atoms with E-state index in [0.29, 0.717) is 18.3 Å². The molecule has 0 radical (unpaired) electrons. The molecule has 3 aromatic rings. The SMILES string of the molecule is CC(C)[C@H](CO)Nc1nc(NCc2ccco2)cc(-c2ccccc2)n1. The van der Waals surface area contributed by atoms with Gasteiger partial charge in [0.25, 0.3) is 0 Å². The summed E-state index contributed by atoms with van der Waals surface area (Å²) < 4.78 is 5.36. The molecule has 0 aliphatic carbocycles. The standard InChI is InChI=1S/C20H24N4O2/c1-14(2)18(13-25)23-20-22-17(15-7-4-3-5-8-15)11-19(24-20)21-12-16-9-6-10-26-16/h3-11,14,18,25H,12-13H2,1-2H3,(H2,21,22,23,24)/t18-/m0/s1. The summed E-state index contributed by atoms with van der Waals surface area (Å²) in [7, 11) is 0. The molecular formula is C20H24N4O2. The molecule has 1 aromatic carbocycles. The maximum atomic E-state index is 9.60. The molecule has 0 spiro atoms. The molecule has 0 bridgehead atoms. The highest BCUT2D eigenvalue weighted by Gasteiger charge is 2.15. The van der Waals surface area contributed by atoms with Crippen LogP contribution in [0.15, 0.2) is 59.2 Å². The van der Waals surface area contributed by atoms with Crippen LogP contribution in [-0.4, -0.2) is 27.7 Å². The summed E-state index contributed by atoms with van der Waals surface area (Å²) in [4.78, 5) is 9.16. The van der Waals surface area contributed by atoms with E-state index in [1.54, 1.807) is 6.26 Å². The van der Waals surface area contributed by atoms with E-state index in [-0.39, 0.29) is 18.6 Å². The largest absolute Gasteiger partial charge is 0.467 e. The van der Waals surface area contributed by atoms with Crippen molar-refractivity contribution in [2.75, 3.05) is 17.2 Å². The average molecular weight is 352 g/mol. The van der Waals surface area contributed by atoms with E-state index >= 15 is 0 Å². The van der Waals surface area contributed by atoms with Crippen molar-refractivity contribution in [3.8, 4) is 11.3 Å². The van der Waals surface area contributed by atoms with Gasteiger partial charge in [-0.2, -0.15) is 4.98 Å². The van der Waals surface area contributed by atoms with Crippen LogP contribution in [0.1, 0.15) is 19.6 Å². The van der Waals surface area contributed by atoms with Crippen molar-refractivity contribution in [2.45, 2.75) is 26.4 Å². The highest BCUT2D eigenvalue weighted by atomic mass is 16.3. The number of aliphatic hydroxyl groups excluding tert-OH is 1. The third-order valence-electron chi connectivity index (χ3n) is 4.14. The minimum absolute atomic E-state index is 0.0196. The number of aromatic nitrogens is 2. The third-order valence-corrected chi connectivity index (χ3v) is 4.14. The fourth-order valence-corrected chi connectivity index (χ4v) is 2.54. The van der Waals surface area contributed by atoms with Crippen molar-refractivity contribution < 1.29 is 9.52 Å². The number of hydrogen-bond donors (Lipinski definition) is 3. The lowest BCUT2D eigenvalue weighted by Crippen LogP contribution is -2.30. The van der Waals surface area contributed by atoms with E-state index in [2.05, 4.69) is 20.6 Å². The molecule has 0 unspecified atom stereocenters. The monoisotopic (exact) mass is 352 g/mol. The van der Waals surface area contributed by atoms with E-state index in [1.165, 1.54) is 0 Å². The van der Waals surface area contributed by atoms with E-state index in [0.717, 1.165) is 17.0 Å². The Bertz CT molecular complexity index is 804. The first-order chi connectivity index (χ1) is 12.7. The van der Waals surface area contributed by atoms with Gasteiger partial charge in [-0.25, -0.2) is 4.98 Å². The van der Waals surface area contributed by atoms with Crippen LogP contribution in [0.2, 0.25) is 0 Å². The molecule has 6 heteroatoms. The Morgan fingerprint density at radius 3 is 2.54 bits per heavy atom. The maximum Gasteiger partial charge on any atom is 0.225 e. The molecule has 2 aromatic heterocycles. The molecule has 26 heavy (non-hydrogen) atoms. The van der Waals surface area contributed by atoms with Crippen molar-refractivity contribution >= 4 is 11.8 Å². The fourth-order valence-electron chi connectivity index (χ4n) is 2.54. The number of anilines is 2. The van der Waals surface area contributed by atoms with Gasteiger partial charge < -0.3 is 20.2 Å². The molecule has 0 saturated heterocycles. The topological polar surface area (TPSA) is 83.2 Å². The van der Waals surface area contributed by atoms with Gasteiger partial charge in [0.1, 0.15) is 11.6 Å². The van der Waals surface area contributed by atoms with E-state index < -0.39 is 0 Å². The zero-order chi connectivity index (χ0) is 18.4. The van der Waals surface area contributed by atoms with Gasteiger partial charge >= 0.3 is 0 Å². The molecule has 0 amide bonds. The molecule has 3 N–H and O–H groups in total. The average Bonchev–Trinajstić information content (AvgIpc) is 3.18. The fraction of sp³-hybridized carbons (Fsp3) is 0.300. The number of aliphatic hydroxyl groups is 1. The van der Waals surface area contributed by atoms with Gasteiger partial charge in [-0.15, -0.1) is 0 Å². The van der Waals surface area contributed by atoms with Crippen LogP contribution in [0.4, 0.5) is 11.8 Å². The van der Waals surface area contributed by atoms with Crippen LogP contribution >= 0.6 is 0 Å². The summed E-state index contributed by atoms with van der Waals surface area (Å²) in [6.45, 7) is 4.65. The van der Waals surface area contributed by atoms with Gasteiger partial charge in [-0.3, -0.25) is 0 Å². The van der Waals surface area contributed by atoms with Gasteiger partial charge in [0.05, 0.1) is 31.2 Å². The predicted octanol–water partition coefficient (Wildman–Crippen LogP) is 3.78. The lowest BCUT2D eigenvalue weighted by Gasteiger charge is -2.20. The number of nitrogens with zero attached hydrogens (tertiary/aromatic N) is 2. The zero-order valence-electron chi connectivity index (χ0n) is 15.0. The first-order valence-electron chi connectivity index (χ1n) is 8.74. The molecule has 1 atom stereocenters. The van der Waals surface area contributed by atoms with E-state index in [1.807, 2.05) is 62.4 Å². The van der Waals surface area contributed by atoms with Crippen molar-refractivity contribution in [1.82, 2.24) is 9.97 Å². The number of rotatable bonds is 8. The summed E-state index contributed by atoms with van der Waals surface area (Å²) in [5.41, 5.74) is 1.81. The van der Waals surface area contributed by atoms with E-state index in [9.17, 15) is 5.11 Å². The van der Waals surface area contributed by atoms with Crippen molar-refractivity contribution in [2.24, 2.45) is 5.92 Å². The first kappa shape index (κ1) is 17.9. The third kappa shape index (κ3) is 4.61. The molecule has 0 aliphatic rings. The molecule has 6 nitrogen and oxygen atoms in total. The molecule has 3 rings (SSSR count). The van der Waals surface area contributed by atoms with Gasteiger partial charge in [0.15, 0.2) is 0 Å². The van der Waals surface area contributed by atoms with E-state index in [4.69, 9.17) is 4.42 Å². The highest BCUT2D eigenvalue weighted by Crippen LogP contribution is 2.22. The zero-order valence-corrected chi connectivity index (χ0v) is 15.0. The van der Waals surface area contributed by atoms with Gasteiger partial charge in [-0.05, 0) is 18.1 Å². The Morgan fingerprint density at radius 1 is 1.08 bits per heavy atom.